The van der Waals surface area contributed by atoms with Gasteiger partial charge in [0.05, 0.1) is 6.42 Å². The van der Waals surface area contributed by atoms with Crippen LogP contribution in [0.25, 0.3) is 10.8 Å². The number of nitrogens with two attached hydrogens (primary N) is 1. The van der Waals surface area contributed by atoms with Gasteiger partial charge in [-0.25, -0.2) is 0 Å². The number of carbonyl (C=O) groups is 2. The van der Waals surface area contributed by atoms with Gasteiger partial charge in [0.15, 0.2) is 0 Å². The van der Waals surface area contributed by atoms with E-state index in [2.05, 4.69) is 48.5 Å². The van der Waals surface area contributed by atoms with Crippen molar-refractivity contribution in [2.75, 3.05) is 0 Å². The molecule has 102 valence electrons. The molecule has 0 saturated carbocycles. The summed E-state index contributed by atoms with van der Waals surface area (Å²) in [5.41, 5.74) is 4.84. The number of aliphatic carboxylic acids is 2. The largest absolute Gasteiger partial charge is 1.00 e. The van der Waals surface area contributed by atoms with E-state index in [0.717, 1.165) is 0 Å². The molecule has 0 aliphatic heterocycles. The van der Waals surface area contributed by atoms with Crippen molar-refractivity contribution in [2.24, 2.45) is 5.73 Å². The van der Waals surface area contributed by atoms with Crippen LogP contribution in [0.15, 0.2) is 48.5 Å². The van der Waals surface area contributed by atoms with Gasteiger partial charge in [0.1, 0.15) is 6.04 Å². The molecule has 0 amide bonds. The maximum absolute atomic E-state index is 9.85. The van der Waals surface area contributed by atoms with Crippen molar-refractivity contribution in [1.29, 1.82) is 0 Å². The van der Waals surface area contributed by atoms with Crippen molar-refractivity contribution < 1.29 is 50.8 Å². The summed E-state index contributed by atoms with van der Waals surface area (Å²) in [4.78, 5) is 19.6. The number of fused-ring (bicyclic) bond motifs is 1. The molecule has 0 spiro atoms. The van der Waals surface area contributed by atoms with Gasteiger partial charge in [-0.05, 0) is 10.8 Å². The van der Waals surface area contributed by atoms with Crippen LogP contribution in [0.3, 0.4) is 0 Å². The second-order valence-corrected chi connectivity index (χ2v) is 3.89. The minimum atomic E-state index is -1.29. The first-order valence-corrected chi connectivity index (χ1v) is 5.64. The molecule has 0 bridgehead atoms. The standard InChI is InChI=1S/C10H8.C4H7NO4.Na.H/c1-2-6-10-8-4-3-7-9(10)5-1;5-2(4(8)9)1-3(6)7;;/h1-8H;2H,1,5H2,(H,6,7)(H,8,9);;/q;;+1;-1. The second kappa shape index (κ2) is 9.50. The third-order valence-corrected chi connectivity index (χ3v) is 2.37. The third kappa shape index (κ3) is 6.68. The van der Waals surface area contributed by atoms with Gasteiger partial charge in [-0.15, -0.1) is 0 Å². The van der Waals surface area contributed by atoms with Gasteiger partial charge in [-0.3, -0.25) is 9.59 Å². The molecular formula is C14H16NNaO4. The number of carboxylic acid groups (broad SMARTS) is 2. The van der Waals surface area contributed by atoms with Gasteiger partial charge >= 0.3 is 41.5 Å². The predicted molar refractivity (Wildman–Crippen MR) is 72.9 cm³/mol. The van der Waals surface area contributed by atoms with E-state index in [1.54, 1.807) is 0 Å². The van der Waals surface area contributed by atoms with Gasteiger partial charge in [-0.2, -0.15) is 0 Å². The first-order chi connectivity index (χ1) is 9.00. The number of hydrogen-bond acceptors (Lipinski definition) is 3. The minimum absolute atomic E-state index is 0. The van der Waals surface area contributed by atoms with Gasteiger partial charge in [0.2, 0.25) is 0 Å². The molecule has 5 nitrogen and oxygen atoms in total. The average Bonchev–Trinajstić information content (AvgIpc) is 2.39. The second-order valence-electron chi connectivity index (χ2n) is 3.89. The van der Waals surface area contributed by atoms with Crippen LogP contribution in [0.2, 0.25) is 0 Å². The smallest absolute Gasteiger partial charge is 1.00 e. The summed E-state index contributed by atoms with van der Waals surface area (Å²) >= 11 is 0. The van der Waals surface area contributed by atoms with Crippen LogP contribution in [-0.2, 0) is 9.59 Å². The van der Waals surface area contributed by atoms with E-state index < -0.39 is 24.4 Å². The van der Waals surface area contributed by atoms with E-state index in [9.17, 15) is 9.59 Å². The molecule has 2 rings (SSSR count). The summed E-state index contributed by atoms with van der Waals surface area (Å²) in [5.74, 6) is -2.50. The van der Waals surface area contributed by atoms with Crippen molar-refractivity contribution in [3.05, 3.63) is 48.5 Å². The fraction of sp³-hybridized carbons (Fsp3) is 0.143. The molecule has 0 fully saturated rings. The molecule has 0 aromatic heterocycles. The molecule has 2 aromatic carbocycles. The van der Waals surface area contributed by atoms with Crippen LogP contribution in [0.1, 0.15) is 7.85 Å². The molecule has 0 aliphatic rings. The summed E-state index contributed by atoms with van der Waals surface area (Å²) in [6, 6.07) is 15.4. The Balaban J connectivity index is 0. The van der Waals surface area contributed by atoms with Gasteiger partial charge < -0.3 is 17.4 Å². The molecule has 6 heteroatoms. The van der Waals surface area contributed by atoms with E-state index in [1.165, 1.54) is 10.8 Å². The molecule has 20 heavy (non-hydrogen) atoms. The van der Waals surface area contributed by atoms with E-state index in [-0.39, 0.29) is 31.0 Å². The first kappa shape index (κ1) is 18.6. The Kier molecular flexibility index (Phi) is 8.83. The van der Waals surface area contributed by atoms with E-state index in [0.29, 0.717) is 0 Å². The Hall–Kier alpha value is -1.40. The first-order valence-electron chi connectivity index (χ1n) is 5.64. The summed E-state index contributed by atoms with van der Waals surface area (Å²) in [7, 11) is 0. The fourth-order valence-electron chi connectivity index (χ4n) is 1.41. The molecule has 0 radical (unpaired) electrons. The minimum Gasteiger partial charge on any atom is -1.00 e. The Morgan fingerprint density at radius 3 is 1.55 bits per heavy atom. The summed E-state index contributed by atoms with van der Waals surface area (Å²) in [6.07, 6.45) is -0.532. The van der Waals surface area contributed by atoms with Crippen LogP contribution in [-0.4, -0.2) is 28.2 Å². The van der Waals surface area contributed by atoms with Crippen molar-refractivity contribution in [3.63, 3.8) is 0 Å². The monoisotopic (exact) mass is 285 g/mol. The molecular weight excluding hydrogens is 269 g/mol. The fourth-order valence-corrected chi connectivity index (χ4v) is 1.41. The molecule has 0 heterocycles. The van der Waals surface area contributed by atoms with Crippen LogP contribution < -0.4 is 35.3 Å². The van der Waals surface area contributed by atoms with E-state index in [1.807, 2.05) is 0 Å². The summed E-state index contributed by atoms with van der Waals surface area (Å²) in [5, 5.41) is 18.7. The van der Waals surface area contributed by atoms with E-state index >= 15 is 0 Å². The molecule has 2 aromatic rings. The van der Waals surface area contributed by atoms with Crippen molar-refractivity contribution in [3.8, 4) is 0 Å². The zero-order chi connectivity index (χ0) is 14.3. The Morgan fingerprint density at radius 1 is 1.00 bits per heavy atom. The Labute approximate surface area is 140 Å². The van der Waals surface area contributed by atoms with Gasteiger partial charge in [0, 0.05) is 0 Å². The number of benzene rings is 2. The maximum Gasteiger partial charge on any atom is 1.00 e. The molecule has 4 N–H and O–H groups in total. The van der Waals surface area contributed by atoms with Crippen molar-refractivity contribution in [2.45, 2.75) is 12.5 Å². The molecule has 1 atom stereocenters. The van der Waals surface area contributed by atoms with Crippen LogP contribution in [0.4, 0.5) is 0 Å². The predicted octanol–water partition coefficient (Wildman–Crippen LogP) is -1.17. The zero-order valence-electron chi connectivity index (χ0n) is 12.2. The van der Waals surface area contributed by atoms with E-state index in [4.69, 9.17) is 15.9 Å². The molecule has 0 saturated heterocycles. The average molecular weight is 285 g/mol. The van der Waals surface area contributed by atoms with Crippen LogP contribution in [0, 0.1) is 0 Å². The third-order valence-electron chi connectivity index (χ3n) is 2.37. The summed E-state index contributed by atoms with van der Waals surface area (Å²) < 4.78 is 0. The van der Waals surface area contributed by atoms with Crippen molar-refractivity contribution in [1.82, 2.24) is 0 Å². The Bertz CT molecular complexity index is 514. The van der Waals surface area contributed by atoms with Crippen molar-refractivity contribution >= 4 is 22.7 Å². The molecule has 0 aliphatic carbocycles. The zero-order valence-corrected chi connectivity index (χ0v) is 13.2. The normalized spacial score (nSPS) is 10.7. The van der Waals surface area contributed by atoms with Crippen LogP contribution in [0.5, 0.6) is 0 Å². The molecule has 1 unspecified atom stereocenters. The summed E-state index contributed by atoms with van der Waals surface area (Å²) in [6.45, 7) is 0. The maximum atomic E-state index is 9.85. The SMILES string of the molecule is NC(CC(=O)O)C(=O)O.[H-].[Na+].c1ccc2ccccc2c1. The van der Waals surface area contributed by atoms with Crippen LogP contribution >= 0.6 is 0 Å². The number of rotatable bonds is 3. The number of hydrogen-bond donors (Lipinski definition) is 3. The quantitative estimate of drug-likeness (QED) is 0.617. The van der Waals surface area contributed by atoms with Gasteiger partial charge in [0.25, 0.3) is 0 Å². The van der Waals surface area contributed by atoms with Gasteiger partial charge in [-0.1, -0.05) is 48.5 Å². The number of carboxylic acids is 2. The Morgan fingerprint density at radius 2 is 1.35 bits per heavy atom. The topological polar surface area (TPSA) is 101 Å².